The number of ketones is 1. The fourth-order valence-corrected chi connectivity index (χ4v) is 1.29. The molecule has 0 saturated heterocycles. The minimum Gasteiger partial charge on any atom is -0.405 e. The Morgan fingerprint density at radius 2 is 2.17 bits per heavy atom. The maximum atomic E-state index is 12.1. The zero-order valence-electron chi connectivity index (χ0n) is 9.23. The molecule has 0 heterocycles. The molecule has 0 bridgehead atoms. The third-order valence-electron chi connectivity index (χ3n) is 1.99. The fourth-order valence-electron chi connectivity index (χ4n) is 1.29. The van der Waals surface area contributed by atoms with Gasteiger partial charge in [-0.05, 0) is 11.6 Å². The van der Waals surface area contributed by atoms with Crippen molar-refractivity contribution in [3.8, 4) is 5.75 Å². The van der Waals surface area contributed by atoms with Crippen molar-refractivity contribution in [2.24, 2.45) is 5.11 Å². The van der Waals surface area contributed by atoms with Crippen LogP contribution in [0, 0.1) is 0 Å². The van der Waals surface area contributed by atoms with Gasteiger partial charge in [-0.3, -0.25) is 4.79 Å². The van der Waals surface area contributed by atoms with Gasteiger partial charge in [0.2, 0.25) is 0 Å². The van der Waals surface area contributed by atoms with Gasteiger partial charge in [0.15, 0.2) is 5.78 Å². The van der Waals surface area contributed by atoms with E-state index in [9.17, 15) is 18.0 Å². The predicted octanol–water partition coefficient (Wildman–Crippen LogP) is 4.12. The lowest BCUT2D eigenvalue weighted by Crippen LogP contribution is -2.17. The standard InChI is InChI=1S/C10H8F3N3O2/c1-2-7(17)6-4-3-5-8(9(6)15-16-14)18-10(11,12)13/h3-5H,2H2,1H3. The molecule has 0 saturated carbocycles. The van der Waals surface area contributed by atoms with Crippen molar-refractivity contribution in [2.45, 2.75) is 19.7 Å². The first-order valence-electron chi connectivity index (χ1n) is 4.86. The molecule has 1 aromatic carbocycles. The minimum absolute atomic E-state index is 0.0728. The lowest BCUT2D eigenvalue weighted by molar-refractivity contribution is -0.274. The van der Waals surface area contributed by atoms with Crippen molar-refractivity contribution in [3.05, 3.63) is 34.2 Å². The molecule has 0 amide bonds. The first-order chi connectivity index (χ1) is 8.39. The summed E-state index contributed by atoms with van der Waals surface area (Å²) in [5.41, 5.74) is 7.78. The summed E-state index contributed by atoms with van der Waals surface area (Å²) in [6, 6.07) is 3.48. The van der Waals surface area contributed by atoms with Crippen molar-refractivity contribution < 1.29 is 22.7 Å². The number of alkyl halides is 3. The molecule has 0 radical (unpaired) electrons. The first kappa shape index (κ1) is 13.9. The van der Waals surface area contributed by atoms with Crippen LogP contribution < -0.4 is 4.74 Å². The zero-order valence-corrected chi connectivity index (χ0v) is 9.23. The van der Waals surface area contributed by atoms with Gasteiger partial charge in [-0.1, -0.05) is 24.2 Å². The number of hydrogen-bond acceptors (Lipinski definition) is 3. The summed E-state index contributed by atoms with van der Waals surface area (Å²) in [5, 5.41) is 3.09. The largest absolute Gasteiger partial charge is 0.573 e. The van der Waals surface area contributed by atoms with Crippen molar-refractivity contribution in [1.82, 2.24) is 0 Å². The molecule has 5 nitrogen and oxygen atoms in total. The molecule has 0 aliphatic carbocycles. The normalized spacial score (nSPS) is 10.7. The Labute approximate surface area is 99.8 Å². The van der Waals surface area contributed by atoms with E-state index in [-0.39, 0.29) is 12.0 Å². The van der Waals surface area contributed by atoms with Crippen molar-refractivity contribution in [2.75, 3.05) is 0 Å². The number of Topliss-reactive ketones (excluding diaryl/α,β-unsaturated/α-hetero) is 1. The monoisotopic (exact) mass is 259 g/mol. The Bertz CT molecular complexity index is 508. The summed E-state index contributed by atoms with van der Waals surface area (Å²) in [6.07, 6.45) is -4.85. The number of carbonyl (C=O) groups is 1. The number of carbonyl (C=O) groups excluding carboxylic acids is 1. The highest BCUT2D eigenvalue weighted by Crippen LogP contribution is 2.36. The van der Waals surface area contributed by atoms with Gasteiger partial charge in [0.25, 0.3) is 0 Å². The maximum Gasteiger partial charge on any atom is 0.573 e. The van der Waals surface area contributed by atoms with E-state index >= 15 is 0 Å². The highest BCUT2D eigenvalue weighted by Gasteiger charge is 2.32. The van der Waals surface area contributed by atoms with Crippen LogP contribution in [-0.2, 0) is 0 Å². The van der Waals surface area contributed by atoms with Gasteiger partial charge < -0.3 is 4.74 Å². The molecular formula is C10H8F3N3O2. The van der Waals surface area contributed by atoms with Crippen LogP contribution in [0.5, 0.6) is 5.75 Å². The van der Waals surface area contributed by atoms with E-state index in [1.165, 1.54) is 12.1 Å². The van der Waals surface area contributed by atoms with E-state index in [0.29, 0.717) is 0 Å². The molecular weight excluding hydrogens is 251 g/mol. The Morgan fingerprint density at radius 1 is 1.50 bits per heavy atom. The van der Waals surface area contributed by atoms with Crippen LogP contribution in [0.15, 0.2) is 23.3 Å². The average Bonchev–Trinajstić information content (AvgIpc) is 2.28. The van der Waals surface area contributed by atoms with Crippen molar-refractivity contribution >= 4 is 11.5 Å². The molecule has 0 spiro atoms. The Hall–Kier alpha value is -2.21. The van der Waals surface area contributed by atoms with E-state index in [1.807, 2.05) is 0 Å². The van der Waals surface area contributed by atoms with Gasteiger partial charge in [0, 0.05) is 16.9 Å². The van der Waals surface area contributed by atoms with E-state index in [1.54, 1.807) is 6.92 Å². The predicted molar refractivity (Wildman–Crippen MR) is 56.6 cm³/mol. The third kappa shape index (κ3) is 3.39. The molecule has 0 aromatic heterocycles. The van der Waals surface area contributed by atoms with Crippen LogP contribution in [0.4, 0.5) is 18.9 Å². The Kier molecular flexibility index (Phi) is 4.17. The third-order valence-corrected chi connectivity index (χ3v) is 1.99. The van der Waals surface area contributed by atoms with Crippen molar-refractivity contribution in [3.63, 3.8) is 0 Å². The SMILES string of the molecule is CCC(=O)c1cccc(OC(F)(F)F)c1N=[N+]=[N-]. The summed E-state index contributed by atoms with van der Waals surface area (Å²) >= 11 is 0. The van der Waals surface area contributed by atoms with Gasteiger partial charge in [0.05, 0.1) is 5.69 Å². The number of benzene rings is 1. The van der Waals surface area contributed by atoms with Crippen LogP contribution in [0.2, 0.25) is 0 Å². The lowest BCUT2D eigenvalue weighted by Gasteiger charge is -2.12. The maximum absolute atomic E-state index is 12.1. The molecule has 1 rings (SSSR count). The smallest absolute Gasteiger partial charge is 0.405 e. The quantitative estimate of drug-likeness (QED) is 0.353. The molecule has 96 valence electrons. The van der Waals surface area contributed by atoms with Crippen molar-refractivity contribution in [1.29, 1.82) is 0 Å². The first-order valence-corrected chi connectivity index (χ1v) is 4.86. The summed E-state index contributed by atoms with van der Waals surface area (Å²) in [6.45, 7) is 1.54. The van der Waals surface area contributed by atoms with Gasteiger partial charge >= 0.3 is 6.36 Å². The molecule has 0 N–H and O–H groups in total. The molecule has 0 fully saturated rings. The van der Waals surface area contributed by atoms with Crippen LogP contribution in [-0.4, -0.2) is 12.1 Å². The fraction of sp³-hybridized carbons (Fsp3) is 0.300. The van der Waals surface area contributed by atoms with Crippen LogP contribution in [0.3, 0.4) is 0 Å². The van der Waals surface area contributed by atoms with Gasteiger partial charge in [0.1, 0.15) is 5.75 Å². The molecule has 8 heteroatoms. The van der Waals surface area contributed by atoms with Crippen LogP contribution in [0.25, 0.3) is 10.4 Å². The molecule has 1 aromatic rings. The van der Waals surface area contributed by atoms with Crippen LogP contribution >= 0.6 is 0 Å². The van der Waals surface area contributed by atoms with Gasteiger partial charge in [-0.15, -0.1) is 13.2 Å². The van der Waals surface area contributed by atoms with Gasteiger partial charge in [-0.25, -0.2) is 0 Å². The summed E-state index contributed by atoms with van der Waals surface area (Å²) in [5.74, 6) is -1.13. The van der Waals surface area contributed by atoms with Gasteiger partial charge in [-0.2, -0.15) is 0 Å². The summed E-state index contributed by atoms with van der Waals surface area (Å²) in [7, 11) is 0. The topological polar surface area (TPSA) is 75.1 Å². The molecule has 0 atom stereocenters. The summed E-state index contributed by atoms with van der Waals surface area (Å²) < 4.78 is 40.1. The molecule has 0 unspecified atom stereocenters. The average molecular weight is 259 g/mol. The number of ether oxygens (including phenoxy) is 1. The minimum atomic E-state index is -4.92. The number of halogens is 3. The second-order valence-corrected chi connectivity index (χ2v) is 3.17. The number of hydrogen-bond donors (Lipinski definition) is 0. The van der Waals surface area contributed by atoms with E-state index in [4.69, 9.17) is 5.53 Å². The van der Waals surface area contributed by atoms with E-state index in [2.05, 4.69) is 14.8 Å². The number of azide groups is 1. The lowest BCUT2D eigenvalue weighted by atomic mass is 10.1. The molecule has 0 aliphatic heterocycles. The highest BCUT2D eigenvalue weighted by molar-refractivity contribution is 6.01. The zero-order chi connectivity index (χ0) is 13.8. The summed E-state index contributed by atoms with van der Waals surface area (Å²) in [4.78, 5) is 13.9. The van der Waals surface area contributed by atoms with E-state index < -0.39 is 23.6 Å². The number of nitrogens with zero attached hydrogens (tertiary/aromatic N) is 3. The highest BCUT2D eigenvalue weighted by atomic mass is 19.4. The second-order valence-electron chi connectivity index (χ2n) is 3.17. The van der Waals surface area contributed by atoms with E-state index in [0.717, 1.165) is 6.07 Å². The Morgan fingerprint density at radius 3 is 2.67 bits per heavy atom. The molecule has 0 aliphatic rings. The van der Waals surface area contributed by atoms with Crippen LogP contribution in [0.1, 0.15) is 23.7 Å². The molecule has 18 heavy (non-hydrogen) atoms. The number of rotatable bonds is 4. The second kappa shape index (κ2) is 5.42. The Balaban J connectivity index is 3.34.